The van der Waals surface area contributed by atoms with Gasteiger partial charge in [0, 0.05) is 37.2 Å². The van der Waals surface area contributed by atoms with Crippen LogP contribution in [-0.2, 0) is 0 Å². The van der Waals surface area contributed by atoms with Gasteiger partial charge >= 0.3 is 0 Å². The molecule has 0 spiro atoms. The highest BCUT2D eigenvalue weighted by atomic mass is 32.1. The van der Waals surface area contributed by atoms with Gasteiger partial charge in [-0.3, -0.25) is 4.79 Å². The van der Waals surface area contributed by atoms with E-state index in [0.29, 0.717) is 22.2 Å². The van der Waals surface area contributed by atoms with Crippen molar-refractivity contribution in [2.75, 3.05) is 29.6 Å². The number of aromatic nitrogens is 4. The van der Waals surface area contributed by atoms with Crippen molar-refractivity contribution >= 4 is 40.6 Å². The van der Waals surface area contributed by atoms with Crippen LogP contribution < -0.4 is 15.5 Å². The molecule has 0 unspecified atom stereocenters. The fourth-order valence-electron chi connectivity index (χ4n) is 2.23. The Hall–Kier alpha value is -3.07. The van der Waals surface area contributed by atoms with Gasteiger partial charge in [0.2, 0.25) is 5.95 Å². The van der Waals surface area contributed by atoms with E-state index < -0.39 is 0 Å². The number of anilines is 4. The summed E-state index contributed by atoms with van der Waals surface area (Å²) in [5.74, 6) is 1.14. The molecular weight excluding hydrogens is 350 g/mol. The monoisotopic (exact) mass is 369 g/mol. The van der Waals surface area contributed by atoms with Crippen molar-refractivity contribution in [1.29, 1.82) is 0 Å². The molecule has 0 saturated heterocycles. The van der Waals surface area contributed by atoms with Crippen LogP contribution in [0.15, 0.2) is 30.3 Å². The second-order valence-corrected chi connectivity index (χ2v) is 6.68. The van der Waals surface area contributed by atoms with Crippen LogP contribution >= 0.6 is 11.5 Å². The highest BCUT2D eigenvalue weighted by molar-refractivity contribution is 7.08. The van der Waals surface area contributed by atoms with E-state index in [-0.39, 0.29) is 5.91 Å². The van der Waals surface area contributed by atoms with Gasteiger partial charge in [0.15, 0.2) is 0 Å². The number of nitrogens with one attached hydrogen (secondary N) is 2. The van der Waals surface area contributed by atoms with Gasteiger partial charge in [0.25, 0.3) is 5.91 Å². The molecule has 0 aliphatic carbocycles. The third-order valence-corrected chi connectivity index (χ3v) is 4.38. The first-order valence-electron chi connectivity index (χ1n) is 7.93. The van der Waals surface area contributed by atoms with Crippen LogP contribution in [-0.4, -0.2) is 39.6 Å². The summed E-state index contributed by atoms with van der Waals surface area (Å²) in [5, 5.41) is 9.86. The Balaban J connectivity index is 1.70. The summed E-state index contributed by atoms with van der Waals surface area (Å²) in [4.78, 5) is 23.5. The fraction of sp³-hybridized carbons (Fsp3) is 0.235. The summed E-state index contributed by atoms with van der Waals surface area (Å²) < 4.78 is 3.78. The summed E-state index contributed by atoms with van der Waals surface area (Å²) in [6, 6.07) is 9.25. The van der Waals surface area contributed by atoms with Gasteiger partial charge in [0.05, 0.1) is 5.69 Å². The maximum absolute atomic E-state index is 12.2. The van der Waals surface area contributed by atoms with Crippen molar-refractivity contribution in [3.63, 3.8) is 0 Å². The van der Waals surface area contributed by atoms with E-state index in [1.54, 1.807) is 6.92 Å². The highest BCUT2D eigenvalue weighted by Crippen LogP contribution is 2.20. The van der Waals surface area contributed by atoms with Crippen LogP contribution in [0.2, 0.25) is 0 Å². The SMILES string of the molecule is Cc1cc(N(C)C)nc(Nc2ccc(NC(=O)c3snnc3C)cc2)n1. The average molecular weight is 369 g/mol. The third-order valence-electron chi connectivity index (χ3n) is 3.56. The molecule has 3 aromatic rings. The highest BCUT2D eigenvalue weighted by Gasteiger charge is 2.13. The minimum Gasteiger partial charge on any atom is -0.363 e. The lowest BCUT2D eigenvalue weighted by molar-refractivity contribution is 0.103. The van der Waals surface area contributed by atoms with Gasteiger partial charge in [-0.15, -0.1) is 5.10 Å². The smallest absolute Gasteiger partial charge is 0.269 e. The van der Waals surface area contributed by atoms with Crippen molar-refractivity contribution < 1.29 is 4.79 Å². The standard InChI is InChI=1S/C17H19N7OS/c1-10-9-14(24(3)4)21-17(18-10)20-13-7-5-12(6-8-13)19-16(25)15-11(2)22-23-26-15/h5-9H,1-4H3,(H,19,25)(H,18,20,21). The van der Waals surface area contributed by atoms with Gasteiger partial charge in [-0.25, -0.2) is 4.98 Å². The predicted octanol–water partition coefficient (Wildman–Crippen LogP) is 3.01. The molecule has 9 heteroatoms. The van der Waals surface area contributed by atoms with Gasteiger partial charge in [-0.1, -0.05) is 4.49 Å². The van der Waals surface area contributed by atoms with E-state index in [9.17, 15) is 4.79 Å². The number of amides is 1. The summed E-state index contributed by atoms with van der Waals surface area (Å²) in [5.41, 5.74) is 3.02. The fourth-order valence-corrected chi connectivity index (χ4v) is 2.78. The number of rotatable bonds is 5. The average Bonchev–Trinajstić information content (AvgIpc) is 3.02. The Morgan fingerprint density at radius 1 is 1.08 bits per heavy atom. The van der Waals surface area contributed by atoms with Crippen LogP contribution in [0.25, 0.3) is 0 Å². The zero-order chi connectivity index (χ0) is 18.7. The molecule has 2 aromatic heterocycles. The molecule has 0 saturated carbocycles. The molecule has 1 aromatic carbocycles. The molecule has 0 bridgehead atoms. The van der Waals surface area contributed by atoms with Gasteiger partial charge < -0.3 is 15.5 Å². The predicted molar refractivity (Wildman–Crippen MR) is 103 cm³/mol. The van der Waals surface area contributed by atoms with Crippen molar-refractivity contribution in [3.8, 4) is 0 Å². The summed E-state index contributed by atoms with van der Waals surface area (Å²) >= 11 is 1.08. The number of carbonyl (C=O) groups excluding carboxylic acids is 1. The topological polar surface area (TPSA) is 95.9 Å². The number of nitrogens with zero attached hydrogens (tertiary/aromatic N) is 5. The first-order valence-corrected chi connectivity index (χ1v) is 8.70. The summed E-state index contributed by atoms with van der Waals surface area (Å²) in [6.45, 7) is 3.68. The number of benzene rings is 1. The number of aryl methyl sites for hydroxylation is 2. The molecule has 2 N–H and O–H groups in total. The van der Waals surface area contributed by atoms with Gasteiger partial charge in [-0.05, 0) is 49.6 Å². The molecule has 1 amide bonds. The Bertz CT molecular complexity index is 921. The maximum atomic E-state index is 12.2. The van der Waals surface area contributed by atoms with E-state index in [0.717, 1.165) is 28.7 Å². The van der Waals surface area contributed by atoms with Crippen LogP contribution in [0, 0.1) is 13.8 Å². The molecule has 0 aliphatic rings. The van der Waals surface area contributed by atoms with Crippen molar-refractivity contribution in [1.82, 2.24) is 19.6 Å². The molecule has 0 radical (unpaired) electrons. The van der Waals surface area contributed by atoms with Crippen LogP contribution in [0.5, 0.6) is 0 Å². The Labute approximate surface area is 155 Å². The van der Waals surface area contributed by atoms with E-state index in [1.165, 1.54) is 0 Å². The van der Waals surface area contributed by atoms with E-state index >= 15 is 0 Å². The zero-order valence-electron chi connectivity index (χ0n) is 14.9. The largest absolute Gasteiger partial charge is 0.363 e. The van der Waals surface area contributed by atoms with Crippen LogP contribution in [0.3, 0.4) is 0 Å². The van der Waals surface area contributed by atoms with Crippen molar-refractivity contribution in [2.45, 2.75) is 13.8 Å². The number of hydrogen-bond donors (Lipinski definition) is 2. The molecular formula is C17H19N7OS. The second kappa shape index (κ2) is 7.44. The van der Waals surface area contributed by atoms with Gasteiger partial charge in [-0.2, -0.15) is 4.98 Å². The third kappa shape index (κ3) is 4.12. The molecule has 3 rings (SSSR count). The summed E-state index contributed by atoms with van der Waals surface area (Å²) in [6.07, 6.45) is 0. The molecule has 26 heavy (non-hydrogen) atoms. The van der Waals surface area contributed by atoms with E-state index in [1.807, 2.05) is 56.3 Å². The first-order chi connectivity index (χ1) is 12.4. The lowest BCUT2D eigenvalue weighted by Crippen LogP contribution is -2.13. The molecule has 0 atom stereocenters. The van der Waals surface area contributed by atoms with E-state index in [4.69, 9.17) is 0 Å². The molecule has 134 valence electrons. The quantitative estimate of drug-likeness (QED) is 0.713. The normalized spacial score (nSPS) is 10.5. The number of carbonyl (C=O) groups is 1. The minimum atomic E-state index is -0.212. The van der Waals surface area contributed by atoms with Crippen LogP contribution in [0.4, 0.5) is 23.1 Å². The van der Waals surface area contributed by atoms with Crippen molar-refractivity contribution in [2.24, 2.45) is 0 Å². The lowest BCUT2D eigenvalue weighted by Gasteiger charge is -2.14. The lowest BCUT2D eigenvalue weighted by atomic mass is 10.2. The van der Waals surface area contributed by atoms with Crippen LogP contribution in [0.1, 0.15) is 21.1 Å². The molecule has 8 nitrogen and oxygen atoms in total. The zero-order valence-corrected chi connectivity index (χ0v) is 15.8. The first kappa shape index (κ1) is 17.7. The summed E-state index contributed by atoms with van der Waals surface area (Å²) in [7, 11) is 3.87. The Morgan fingerprint density at radius 2 is 1.77 bits per heavy atom. The molecule has 0 aliphatic heterocycles. The minimum absolute atomic E-state index is 0.212. The second-order valence-electron chi connectivity index (χ2n) is 5.93. The van der Waals surface area contributed by atoms with Crippen molar-refractivity contribution in [3.05, 3.63) is 46.6 Å². The molecule has 2 heterocycles. The van der Waals surface area contributed by atoms with Gasteiger partial charge in [0.1, 0.15) is 10.7 Å². The van der Waals surface area contributed by atoms with E-state index in [2.05, 4.69) is 30.2 Å². The Kier molecular flexibility index (Phi) is 5.08. The molecule has 0 fully saturated rings. The maximum Gasteiger partial charge on any atom is 0.269 e. The number of hydrogen-bond acceptors (Lipinski definition) is 8. The Morgan fingerprint density at radius 3 is 2.38 bits per heavy atom.